The Morgan fingerprint density at radius 2 is 2.00 bits per heavy atom. The van der Waals surface area contributed by atoms with Crippen molar-refractivity contribution in [2.45, 2.75) is 12.5 Å². The van der Waals surface area contributed by atoms with Crippen molar-refractivity contribution in [3.8, 4) is 5.75 Å². The van der Waals surface area contributed by atoms with Gasteiger partial charge in [-0.2, -0.15) is 0 Å². The number of hydrogen-bond acceptors (Lipinski definition) is 4. The molecule has 0 amide bonds. The van der Waals surface area contributed by atoms with Gasteiger partial charge >= 0.3 is 0 Å². The van der Waals surface area contributed by atoms with Crippen LogP contribution in [0.2, 0.25) is 0 Å². The molecule has 0 saturated heterocycles. The number of rotatable bonds is 8. The molecule has 0 aliphatic heterocycles. The fourth-order valence-corrected chi connectivity index (χ4v) is 3.11. The van der Waals surface area contributed by atoms with Gasteiger partial charge in [-0.25, -0.2) is 0 Å². The van der Waals surface area contributed by atoms with Crippen LogP contribution in [-0.2, 0) is 6.42 Å². The molecule has 0 spiro atoms. The van der Waals surface area contributed by atoms with E-state index in [2.05, 4.69) is 44.9 Å². The van der Waals surface area contributed by atoms with Gasteiger partial charge in [0.25, 0.3) is 0 Å². The summed E-state index contributed by atoms with van der Waals surface area (Å²) in [5.74, 6) is 1.35. The fraction of sp³-hybridized carbons (Fsp3) is 0.389. The van der Waals surface area contributed by atoms with Gasteiger partial charge in [-0.05, 0) is 49.7 Å². The van der Waals surface area contributed by atoms with Crippen LogP contribution in [0.5, 0.6) is 5.75 Å². The van der Waals surface area contributed by atoms with E-state index in [4.69, 9.17) is 10.5 Å². The summed E-state index contributed by atoms with van der Waals surface area (Å²) < 4.78 is 5.21. The van der Waals surface area contributed by atoms with Crippen molar-refractivity contribution in [1.82, 2.24) is 10.2 Å². The van der Waals surface area contributed by atoms with E-state index < -0.39 is 0 Å². The molecule has 0 fully saturated rings. The van der Waals surface area contributed by atoms with Crippen molar-refractivity contribution >= 4 is 41.3 Å². The molecule has 0 saturated carbocycles. The first-order valence-corrected chi connectivity index (χ1v) is 8.84. The van der Waals surface area contributed by atoms with E-state index in [1.165, 1.54) is 10.4 Å². The highest BCUT2D eigenvalue weighted by Crippen LogP contribution is 2.21. The van der Waals surface area contributed by atoms with E-state index in [0.717, 1.165) is 18.7 Å². The number of halogens is 1. The second-order valence-corrected chi connectivity index (χ2v) is 6.77. The number of likely N-dealkylation sites (N-methyl/N-ethyl adjacent to an activating group) is 1. The van der Waals surface area contributed by atoms with Crippen LogP contribution in [-0.4, -0.2) is 45.2 Å². The Hall–Kier alpha value is -1.32. The monoisotopic (exact) mass is 474 g/mol. The highest BCUT2D eigenvalue weighted by atomic mass is 127. The molecular weight excluding hydrogens is 447 g/mol. The fourth-order valence-electron chi connectivity index (χ4n) is 2.40. The van der Waals surface area contributed by atoms with E-state index in [1.807, 2.05) is 26.2 Å². The summed E-state index contributed by atoms with van der Waals surface area (Å²) in [6.45, 7) is 1.40. The molecule has 1 heterocycles. The molecule has 1 aromatic heterocycles. The second kappa shape index (κ2) is 11.3. The Bertz CT molecular complexity index is 629. The van der Waals surface area contributed by atoms with Crippen molar-refractivity contribution < 1.29 is 4.74 Å². The number of benzene rings is 1. The lowest BCUT2D eigenvalue weighted by atomic mass is 10.1. The van der Waals surface area contributed by atoms with Crippen molar-refractivity contribution in [3.05, 3.63) is 52.2 Å². The van der Waals surface area contributed by atoms with Crippen LogP contribution >= 0.6 is 35.3 Å². The summed E-state index contributed by atoms with van der Waals surface area (Å²) in [4.78, 5) is 7.99. The van der Waals surface area contributed by atoms with Crippen LogP contribution in [0, 0.1) is 0 Å². The summed E-state index contributed by atoms with van der Waals surface area (Å²) >= 11 is 1.76. The zero-order valence-corrected chi connectivity index (χ0v) is 18.1. The highest BCUT2D eigenvalue weighted by Gasteiger charge is 2.13. The minimum Gasteiger partial charge on any atom is -0.497 e. The predicted molar refractivity (Wildman–Crippen MR) is 117 cm³/mol. The number of nitrogens with two attached hydrogens (primary N) is 1. The average Bonchev–Trinajstić information content (AvgIpc) is 3.08. The first-order valence-electron chi connectivity index (χ1n) is 7.96. The number of nitrogens with zero attached hydrogens (tertiary/aromatic N) is 2. The van der Waals surface area contributed by atoms with Gasteiger partial charge in [-0.1, -0.05) is 18.2 Å². The zero-order valence-electron chi connectivity index (χ0n) is 14.9. The minimum absolute atomic E-state index is 0. The summed E-state index contributed by atoms with van der Waals surface area (Å²) in [5, 5.41) is 5.27. The number of nitrogens with one attached hydrogen (secondary N) is 1. The van der Waals surface area contributed by atoms with E-state index in [0.29, 0.717) is 12.5 Å². The van der Waals surface area contributed by atoms with Gasteiger partial charge in [0.15, 0.2) is 5.96 Å². The number of methoxy groups -OCH3 is 1. The van der Waals surface area contributed by atoms with Crippen molar-refractivity contribution in [2.24, 2.45) is 10.7 Å². The molecule has 25 heavy (non-hydrogen) atoms. The van der Waals surface area contributed by atoms with Crippen LogP contribution in [0.15, 0.2) is 46.8 Å². The molecule has 0 aliphatic rings. The summed E-state index contributed by atoms with van der Waals surface area (Å²) in [7, 11) is 5.76. The Kier molecular flexibility index (Phi) is 9.84. The van der Waals surface area contributed by atoms with Gasteiger partial charge in [0.2, 0.25) is 0 Å². The summed E-state index contributed by atoms with van der Waals surface area (Å²) in [6, 6.07) is 12.4. The lowest BCUT2D eigenvalue weighted by Gasteiger charge is -2.23. The van der Waals surface area contributed by atoms with Gasteiger partial charge in [-0.3, -0.25) is 4.99 Å². The standard InChI is InChI=1S/C18H26N4OS.HI/c1-22(2)17(14-6-8-15(23-3)9-7-14)13-21-18(19)20-11-10-16-5-4-12-24-16;/h4-9,12,17H,10-11,13H2,1-3H3,(H3,19,20,21);1H. The number of guanidine groups is 1. The van der Waals surface area contributed by atoms with Crippen molar-refractivity contribution in [1.29, 1.82) is 0 Å². The Morgan fingerprint density at radius 3 is 2.56 bits per heavy atom. The van der Waals surface area contributed by atoms with Crippen LogP contribution in [0.25, 0.3) is 0 Å². The van der Waals surface area contributed by atoms with Crippen LogP contribution in [0.3, 0.4) is 0 Å². The Morgan fingerprint density at radius 1 is 1.28 bits per heavy atom. The zero-order chi connectivity index (χ0) is 17.4. The third-order valence-corrected chi connectivity index (χ3v) is 4.75. The van der Waals surface area contributed by atoms with Gasteiger partial charge in [0, 0.05) is 11.4 Å². The summed E-state index contributed by atoms with van der Waals surface area (Å²) in [5.41, 5.74) is 7.18. The Balaban J connectivity index is 0.00000312. The van der Waals surface area contributed by atoms with Crippen LogP contribution in [0.1, 0.15) is 16.5 Å². The average molecular weight is 474 g/mol. The molecule has 0 aliphatic carbocycles. The quantitative estimate of drug-likeness (QED) is 0.351. The van der Waals surface area contributed by atoms with E-state index in [1.54, 1.807) is 18.4 Å². The topological polar surface area (TPSA) is 62.9 Å². The third kappa shape index (κ3) is 7.21. The van der Waals surface area contributed by atoms with Gasteiger partial charge in [0.1, 0.15) is 5.75 Å². The molecule has 1 aromatic carbocycles. The normalized spacial score (nSPS) is 12.6. The maximum Gasteiger partial charge on any atom is 0.188 e. The molecule has 2 aromatic rings. The predicted octanol–water partition coefficient (Wildman–Crippen LogP) is 3.12. The largest absolute Gasteiger partial charge is 0.497 e. The number of hydrogen-bond donors (Lipinski definition) is 2. The molecule has 1 atom stereocenters. The molecular formula is C18H27IN4OS. The van der Waals surface area contributed by atoms with Crippen molar-refractivity contribution in [2.75, 3.05) is 34.3 Å². The molecule has 138 valence electrons. The minimum atomic E-state index is 0. The van der Waals surface area contributed by atoms with E-state index in [-0.39, 0.29) is 30.0 Å². The lowest BCUT2D eigenvalue weighted by Crippen LogP contribution is -2.34. The smallest absolute Gasteiger partial charge is 0.188 e. The number of thiophene rings is 1. The molecule has 2 rings (SSSR count). The maximum atomic E-state index is 5.99. The van der Waals surface area contributed by atoms with E-state index in [9.17, 15) is 0 Å². The van der Waals surface area contributed by atoms with Crippen LogP contribution in [0.4, 0.5) is 0 Å². The SMILES string of the molecule is COc1ccc(C(CN=C(N)NCCc2cccs2)N(C)C)cc1.I. The van der Waals surface area contributed by atoms with Gasteiger partial charge in [-0.15, -0.1) is 35.3 Å². The number of ether oxygens (including phenoxy) is 1. The third-order valence-electron chi connectivity index (χ3n) is 3.82. The molecule has 0 bridgehead atoms. The maximum absolute atomic E-state index is 5.99. The first kappa shape index (κ1) is 21.7. The van der Waals surface area contributed by atoms with Crippen LogP contribution < -0.4 is 15.8 Å². The van der Waals surface area contributed by atoms with Gasteiger partial charge < -0.3 is 20.7 Å². The van der Waals surface area contributed by atoms with E-state index >= 15 is 0 Å². The van der Waals surface area contributed by atoms with Gasteiger partial charge in [0.05, 0.1) is 19.7 Å². The molecule has 0 radical (unpaired) electrons. The Labute approximate surface area is 171 Å². The lowest BCUT2D eigenvalue weighted by molar-refractivity contribution is 0.306. The highest BCUT2D eigenvalue weighted by molar-refractivity contribution is 14.0. The second-order valence-electron chi connectivity index (χ2n) is 5.73. The molecule has 1 unspecified atom stereocenters. The summed E-state index contributed by atoms with van der Waals surface area (Å²) in [6.07, 6.45) is 0.962. The molecule has 5 nitrogen and oxygen atoms in total. The number of aliphatic imine (C=N–C) groups is 1. The molecule has 3 N–H and O–H groups in total. The first-order chi connectivity index (χ1) is 11.6. The van der Waals surface area contributed by atoms with Crippen molar-refractivity contribution in [3.63, 3.8) is 0 Å². The molecule has 7 heteroatoms.